The number of nitrogens with two attached hydrogens (primary N) is 1. The summed E-state index contributed by atoms with van der Waals surface area (Å²) < 4.78 is 16.4. The van der Waals surface area contributed by atoms with Crippen molar-refractivity contribution in [2.75, 3.05) is 31.3 Å². The molecular formula is C15H19N6O4P. The zero-order chi connectivity index (χ0) is 19.2. The number of benzene rings is 1. The van der Waals surface area contributed by atoms with Gasteiger partial charge in [0.1, 0.15) is 17.2 Å². The molecule has 1 atom stereocenters. The van der Waals surface area contributed by atoms with Gasteiger partial charge in [0.15, 0.2) is 11.6 Å². The van der Waals surface area contributed by atoms with Crippen molar-refractivity contribution in [2.24, 2.45) is 10.2 Å². The van der Waals surface area contributed by atoms with Crippen molar-refractivity contribution in [3.05, 3.63) is 36.4 Å². The Kier molecular flexibility index (Phi) is 6.40. The third-order valence-electron chi connectivity index (χ3n) is 2.91. The number of azo groups is 1. The molecule has 1 heterocycles. The Morgan fingerprint density at radius 2 is 1.96 bits per heavy atom. The van der Waals surface area contributed by atoms with Gasteiger partial charge < -0.3 is 25.8 Å². The van der Waals surface area contributed by atoms with Crippen molar-refractivity contribution in [2.45, 2.75) is 0 Å². The summed E-state index contributed by atoms with van der Waals surface area (Å²) in [6.07, 6.45) is 0. The predicted molar refractivity (Wildman–Crippen MR) is 98.2 cm³/mol. The quantitative estimate of drug-likeness (QED) is 0.426. The lowest BCUT2D eigenvalue weighted by molar-refractivity contribution is -0.115. The van der Waals surface area contributed by atoms with E-state index in [9.17, 15) is 14.3 Å². The number of carbonyl (C=O) groups excluding carboxylic acids is 1. The smallest absolute Gasteiger partial charge is 0.373 e. The number of hydrogen-bond acceptors (Lipinski definition) is 8. The summed E-state index contributed by atoms with van der Waals surface area (Å²) >= 11 is 0. The van der Waals surface area contributed by atoms with E-state index in [0.717, 1.165) is 6.66 Å². The highest BCUT2D eigenvalue weighted by atomic mass is 31.2. The zero-order valence-corrected chi connectivity index (χ0v) is 15.1. The molecule has 2 rings (SSSR count). The van der Waals surface area contributed by atoms with Crippen LogP contribution in [-0.2, 0) is 9.36 Å². The molecular weight excluding hydrogens is 359 g/mol. The second kappa shape index (κ2) is 8.52. The van der Waals surface area contributed by atoms with Crippen LogP contribution in [0, 0.1) is 0 Å². The van der Waals surface area contributed by atoms with E-state index >= 15 is 0 Å². The van der Waals surface area contributed by atoms with Gasteiger partial charge >= 0.3 is 7.60 Å². The highest BCUT2D eigenvalue weighted by Gasteiger charge is 2.14. The molecule has 10 nitrogen and oxygen atoms in total. The lowest BCUT2D eigenvalue weighted by Gasteiger charge is -2.10. The molecule has 0 aliphatic heterocycles. The number of aromatic nitrogens is 1. The highest BCUT2D eigenvalue weighted by molar-refractivity contribution is 7.52. The first-order chi connectivity index (χ1) is 12.3. The normalized spacial score (nSPS) is 13.3. The lowest BCUT2D eigenvalue weighted by atomic mass is 10.3. The molecule has 11 heteroatoms. The number of amides is 1. The summed E-state index contributed by atoms with van der Waals surface area (Å²) in [5.41, 5.74) is 6.36. The maximum absolute atomic E-state index is 11.5. The van der Waals surface area contributed by atoms with Crippen molar-refractivity contribution in [3.63, 3.8) is 0 Å². The van der Waals surface area contributed by atoms with Crippen molar-refractivity contribution < 1.29 is 18.8 Å². The Morgan fingerprint density at radius 1 is 1.27 bits per heavy atom. The lowest BCUT2D eigenvalue weighted by Crippen LogP contribution is -2.25. The maximum Gasteiger partial charge on any atom is 0.373 e. The van der Waals surface area contributed by atoms with E-state index in [-0.39, 0.29) is 41.2 Å². The number of nitrogens with one attached hydrogen (secondary N) is 2. The van der Waals surface area contributed by atoms with E-state index < -0.39 is 7.60 Å². The second-order valence-electron chi connectivity index (χ2n) is 5.24. The van der Waals surface area contributed by atoms with Gasteiger partial charge in [-0.2, -0.15) is 0 Å². The van der Waals surface area contributed by atoms with Gasteiger partial charge in [-0.05, 0) is 31.3 Å². The number of nitrogens with zero attached hydrogens (tertiary/aromatic N) is 3. The molecule has 0 radical (unpaired) electrons. The monoisotopic (exact) mass is 378 g/mol. The molecule has 1 unspecified atom stereocenters. The van der Waals surface area contributed by atoms with Gasteiger partial charge in [0.2, 0.25) is 5.91 Å². The van der Waals surface area contributed by atoms with E-state index in [2.05, 4.69) is 25.8 Å². The summed E-state index contributed by atoms with van der Waals surface area (Å²) in [6, 6.07) is 9.48. The van der Waals surface area contributed by atoms with Crippen molar-refractivity contribution in [1.29, 1.82) is 0 Å². The Morgan fingerprint density at radius 3 is 2.62 bits per heavy atom. The number of para-hydroxylation sites is 1. The predicted octanol–water partition coefficient (Wildman–Crippen LogP) is 2.43. The standard InChI is InChI=1S/C15H19N6O4P/c1-17-9-14(22)18-13-8-7-11(15(16)19-13)21-20-10-5-3-4-6-12(10)25-26(2,23)24/h3-8,17H,9H2,1-2H3,(H,23,24)(H3,16,18,19,22)/b21-20+. The molecule has 5 N–H and O–H groups in total. The zero-order valence-electron chi connectivity index (χ0n) is 14.2. The van der Waals surface area contributed by atoms with Gasteiger partial charge in [-0.1, -0.05) is 12.1 Å². The Labute approximate surface area is 150 Å². The van der Waals surface area contributed by atoms with Crippen LogP contribution in [0.25, 0.3) is 0 Å². The van der Waals surface area contributed by atoms with E-state index in [1.807, 2.05) is 0 Å². The van der Waals surface area contributed by atoms with Crippen molar-refractivity contribution in [3.8, 4) is 5.75 Å². The third kappa shape index (κ3) is 5.92. The second-order valence-corrected chi connectivity index (χ2v) is 7.03. The number of pyridine rings is 1. The fourth-order valence-electron chi connectivity index (χ4n) is 1.88. The van der Waals surface area contributed by atoms with Crippen LogP contribution in [0.2, 0.25) is 0 Å². The van der Waals surface area contributed by atoms with Crippen LogP contribution in [0.1, 0.15) is 0 Å². The Hall–Kier alpha value is -2.81. The minimum atomic E-state index is -3.73. The third-order valence-corrected chi connectivity index (χ3v) is 3.44. The summed E-state index contributed by atoms with van der Waals surface area (Å²) in [6.45, 7) is 1.22. The van der Waals surface area contributed by atoms with E-state index in [1.165, 1.54) is 12.1 Å². The topological polar surface area (TPSA) is 151 Å². The minimum Gasteiger partial charge on any atom is -0.422 e. The number of rotatable bonds is 7. The first kappa shape index (κ1) is 19.5. The minimum absolute atomic E-state index is 0.0673. The van der Waals surface area contributed by atoms with Crippen LogP contribution >= 0.6 is 7.60 Å². The molecule has 2 aromatic rings. The van der Waals surface area contributed by atoms with Crippen molar-refractivity contribution in [1.82, 2.24) is 10.3 Å². The number of nitrogen functional groups attached to an aromatic ring is 1. The van der Waals surface area contributed by atoms with Crippen LogP contribution < -0.4 is 20.9 Å². The molecule has 1 aromatic carbocycles. The van der Waals surface area contributed by atoms with Gasteiger partial charge in [-0.15, -0.1) is 10.2 Å². The largest absolute Gasteiger partial charge is 0.422 e. The maximum atomic E-state index is 11.5. The van der Waals surface area contributed by atoms with Crippen LogP contribution in [0.15, 0.2) is 46.6 Å². The average Bonchev–Trinajstić information content (AvgIpc) is 2.54. The Balaban J connectivity index is 2.19. The molecule has 1 aromatic heterocycles. The summed E-state index contributed by atoms with van der Waals surface area (Å²) in [4.78, 5) is 24.9. The molecule has 0 spiro atoms. The molecule has 0 aliphatic rings. The van der Waals surface area contributed by atoms with Gasteiger partial charge in [-0.3, -0.25) is 4.79 Å². The Bertz CT molecular complexity index is 867. The highest BCUT2D eigenvalue weighted by Crippen LogP contribution is 2.42. The summed E-state index contributed by atoms with van der Waals surface area (Å²) in [5, 5.41) is 13.3. The first-order valence-corrected chi connectivity index (χ1v) is 9.52. The van der Waals surface area contributed by atoms with Gasteiger partial charge in [0.05, 0.1) is 6.54 Å². The van der Waals surface area contributed by atoms with Crippen LogP contribution in [0.4, 0.5) is 23.0 Å². The van der Waals surface area contributed by atoms with Gasteiger partial charge in [0.25, 0.3) is 0 Å². The molecule has 0 bridgehead atoms. The molecule has 0 fully saturated rings. The van der Waals surface area contributed by atoms with Crippen LogP contribution in [0.5, 0.6) is 5.75 Å². The molecule has 1 amide bonds. The first-order valence-electron chi connectivity index (χ1n) is 7.50. The number of likely N-dealkylation sites (N-methyl/N-ethyl adjacent to an activating group) is 1. The number of carbonyl (C=O) groups is 1. The van der Waals surface area contributed by atoms with E-state index in [0.29, 0.717) is 0 Å². The van der Waals surface area contributed by atoms with Gasteiger partial charge in [0, 0.05) is 6.66 Å². The van der Waals surface area contributed by atoms with E-state index in [4.69, 9.17) is 10.3 Å². The SMILES string of the molecule is CNCC(=O)Nc1ccc(/N=N/c2ccccc2OP(C)(=O)O)c(N)n1. The molecule has 138 valence electrons. The molecule has 0 saturated carbocycles. The van der Waals surface area contributed by atoms with Crippen molar-refractivity contribution >= 4 is 36.5 Å². The molecule has 26 heavy (non-hydrogen) atoms. The fraction of sp³-hybridized carbons (Fsp3) is 0.200. The van der Waals surface area contributed by atoms with Gasteiger partial charge in [-0.25, -0.2) is 9.55 Å². The molecule has 0 saturated heterocycles. The molecule has 0 aliphatic carbocycles. The fourth-order valence-corrected chi connectivity index (χ4v) is 2.40. The van der Waals surface area contributed by atoms with Crippen LogP contribution in [-0.4, -0.2) is 36.0 Å². The summed E-state index contributed by atoms with van der Waals surface area (Å²) in [5.74, 6) is 0.218. The number of hydrogen-bond donors (Lipinski definition) is 4. The average molecular weight is 378 g/mol. The van der Waals surface area contributed by atoms with E-state index in [1.54, 1.807) is 31.3 Å². The summed E-state index contributed by atoms with van der Waals surface area (Å²) in [7, 11) is -2.08. The van der Waals surface area contributed by atoms with Crippen LogP contribution in [0.3, 0.4) is 0 Å². The number of anilines is 2.